The van der Waals surface area contributed by atoms with Crippen LogP contribution in [0.3, 0.4) is 0 Å². The molecule has 0 aliphatic rings. The molecule has 4 N–H and O–H groups in total. The molecule has 0 spiro atoms. The predicted molar refractivity (Wildman–Crippen MR) is 74.7 cm³/mol. The van der Waals surface area contributed by atoms with Crippen molar-refractivity contribution in [3.63, 3.8) is 0 Å². The zero-order valence-electron chi connectivity index (χ0n) is 10.9. The average Bonchev–Trinajstić information content (AvgIpc) is 2.93. The van der Waals surface area contributed by atoms with E-state index in [-0.39, 0.29) is 17.3 Å². The molecule has 0 bridgehead atoms. The van der Waals surface area contributed by atoms with E-state index in [1.165, 1.54) is 23.7 Å². The highest BCUT2D eigenvalue weighted by molar-refractivity contribution is 7.89. The van der Waals surface area contributed by atoms with Gasteiger partial charge in [-0.15, -0.1) is 0 Å². The quantitative estimate of drug-likeness (QED) is 0.550. The van der Waals surface area contributed by atoms with Gasteiger partial charge < -0.3 is 5.73 Å². The summed E-state index contributed by atoms with van der Waals surface area (Å²) in [6, 6.07) is 6.93. The Morgan fingerprint density at radius 2 is 2.25 bits per heavy atom. The van der Waals surface area contributed by atoms with Crippen LogP contribution in [0, 0.1) is 5.41 Å². The van der Waals surface area contributed by atoms with Gasteiger partial charge in [-0.1, -0.05) is 18.2 Å². The van der Waals surface area contributed by atoms with Crippen LogP contribution >= 0.6 is 0 Å². The number of aromatic nitrogens is 2. The molecular weight excluding hydrogens is 278 g/mol. The minimum atomic E-state index is -3.57. The molecule has 0 saturated heterocycles. The van der Waals surface area contributed by atoms with E-state index < -0.39 is 10.0 Å². The fourth-order valence-corrected chi connectivity index (χ4v) is 2.81. The number of sulfonamides is 1. The van der Waals surface area contributed by atoms with Crippen molar-refractivity contribution in [1.82, 2.24) is 14.5 Å². The number of benzene rings is 1. The van der Waals surface area contributed by atoms with Crippen molar-refractivity contribution in [3.05, 3.63) is 47.8 Å². The van der Waals surface area contributed by atoms with Gasteiger partial charge in [0.05, 0.1) is 6.20 Å². The zero-order chi connectivity index (χ0) is 14.8. The molecule has 2 aromatic rings. The Labute approximate surface area is 117 Å². The summed E-state index contributed by atoms with van der Waals surface area (Å²) in [7, 11) is -2.08. The summed E-state index contributed by atoms with van der Waals surface area (Å²) in [5, 5.41) is 13.5. The molecule has 0 unspecified atom stereocenters. The Morgan fingerprint density at radius 1 is 1.50 bits per heavy atom. The minimum Gasteiger partial charge on any atom is -0.384 e. The molecule has 8 heteroatoms. The van der Waals surface area contributed by atoms with Gasteiger partial charge in [0, 0.05) is 25.4 Å². The first-order chi connectivity index (χ1) is 9.41. The largest absolute Gasteiger partial charge is 0.384 e. The second-order valence-corrected chi connectivity index (χ2v) is 6.35. The third-order valence-corrected chi connectivity index (χ3v) is 4.59. The van der Waals surface area contributed by atoms with Gasteiger partial charge in [0.15, 0.2) is 0 Å². The molecule has 0 radical (unpaired) electrons. The van der Waals surface area contributed by atoms with Gasteiger partial charge in [0.25, 0.3) is 0 Å². The van der Waals surface area contributed by atoms with Crippen molar-refractivity contribution in [2.45, 2.75) is 11.4 Å². The van der Waals surface area contributed by atoms with Crippen molar-refractivity contribution in [2.24, 2.45) is 5.73 Å². The van der Waals surface area contributed by atoms with E-state index in [0.717, 1.165) is 5.56 Å². The second kappa shape index (κ2) is 5.43. The Bertz CT molecular complexity index is 709. The van der Waals surface area contributed by atoms with Crippen molar-refractivity contribution in [1.29, 1.82) is 5.41 Å². The molecular formula is C12H15N5O2S. The molecule has 1 heterocycles. The Balaban J connectivity index is 2.22. The third kappa shape index (κ3) is 2.86. The number of hydrogen-bond donors (Lipinski definition) is 3. The van der Waals surface area contributed by atoms with Crippen LogP contribution in [-0.4, -0.2) is 35.8 Å². The first-order valence-electron chi connectivity index (χ1n) is 5.79. The van der Waals surface area contributed by atoms with Gasteiger partial charge in [0.1, 0.15) is 10.7 Å². The van der Waals surface area contributed by atoms with Gasteiger partial charge in [-0.05, 0) is 11.6 Å². The lowest BCUT2D eigenvalue weighted by molar-refractivity contribution is 0.467. The van der Waals surface area contributed by atoms with Gasteiger partial charge in [0.2, 0.25) is 10.0 Å². The monoisotopic (exact) mass is 293 g/mol. The van der Waals surface area contributed by atoms with Crippen LogP contribution in [0.1, 0.15) is 11.1 Å². The second-order valence-electron chi connectivity index (χ2n) is 4.31. The zero-order valence-corrected chi connectivity index (χ0v) is 11.7. The van der Waals surface area contributed by atoms with Gasteiger partial charge in [-0.2, -0.15) is 9.40 Å². The molecule has 2 rings (SSSR count). The maximum absolute atomic E-state index is 12.2. The van der Waals surface area contributed by atoms with Crippen LogP contribution < -0.4 is 5.73 Å². The van der Waals surface area contributed by atoms with Crippen LogP contribution in [0.5, 0.6) is 0 Å². The normalized spacial score (nSPS) is 11.7. The standard InChI is InChI=1S/C12H15N5O2S/c1-17(20(18,19)11-6-15-16-7-11)8-9-3-2-4-10(5-9)12(13)14/h2-7H,8H2,1H3,(H3,13,14)(H,15,16). The summed E-state index contributed by atoms with van der Waals surface area (Å²) >= 11 is 0. The molecule has 0 fully saturated rings. The highest BCUT2D eigenvalue weighted by atomic mass is 32.2. The van der Waals surface area contributed by atoms with Gasteiger partial charge in [-0.3, -0.25) is 10.5 Å². The molecule has 0 atom stereocenters. The highest BCUT2D eigenvalue weighted by Crippen LogP contribution is 2.15. The fourth-order valence-electron chi connectivity index (χ4n) is 1.74. The maximum Gasteiger partial charge on any atom is 0.246 e. The summed E-state index contributed by atoms with van der Waals surface area (Å²) in [4.78, 5) is 0.114. The van der Waals surface area contributed by atoms with Crippen molar-refractivity contribution in [3.8, 4) is 0 Å². The summed E-state index contributed by atoms with van der Waals surface area (Å²) in [6.07, 6.45) is 2.59. The van der Waals surface area contributed by atoms with Crippen LogP contribution in [0.15, 0.2) is 41.6 Å². The number of nitrogen functional groups attached to an aromatic ring is 1. The SMILES string of the molecule is CN(Cc1cccc(C(=N)N)c1)S(=O)(=O)c1cn[nH]c1. The first-order valence-corrected chi connectivity index (χ1v) is 7.23. The van der Waals surface area contributed by atoms with Crippen LogP contribution in [-0.2, 0) is 16.6 Å². The summed E-state index contributed by atoms with van der Waals surface area (Å²) in [6.45, 7) is 0.189. The number of nitrogens with one attached hydrogen (secondary N) is 2. The van der Waals surface area contributed by atoms with Crippen LogP contribution in [0.2, 0.25) is 0 Å². The average molecular weight is 293 g/mol. The summed E-state index contributed by atoms with van der Waals surface area (Å²) in [5.74, 6) is -0.0489. The number of nitrogens with two attached hydrogens (primary N) is 1. The van der Waals surface area contributed by atoms with Crippen LogP contribution in [0.25, 0.3) is 0 Å². The number of rotatable bonds is 5. The number of nitrogens with zero attached hydrogens (tertiary/aromatic N) is 2. The van der Waals surface area contributed by atoms with E-state index >= 15 is 0 Å². The van der Waals surface area contributed by atoms with E-state index in [4.69, 9.17) is 11.1 Å². The number of H-pyrrole nitrogens is 1. The molecule has 106 valence electrons. The maximum atomic E-state index is 12.2. The molecule has 7 nitrogen and oxygen atoms in total. The molecule has 20 heavy (non-hydrogen) atoms. The molecule has 0 aliphatic carbocycles. The first kappa shape index (κ1) is 14.2. The Kier molecular flexibility index (Phi) is 3.86. The summed E-state index contributed by atoms with van der Waals surface area (Å²) in [5.41, 5.74) is 6.74. The fraction of sp³-hybridized carbons (Fsp3) is 0.167. The molecule has 1 aromatic heterocycles. The topological polar surface area (TPSA) is 116 Å². The number of hydrogen-bond acceptors (Lipinski definition) is 4. The molecule has 1 aromatic carbocycles. The van der Waals surface area contributed by atoms with E-state index in [0.29, 0.717) is 5.56 Å². The van der Waals surface area contributed by atoms with Crippen LogP contribution in [0.4, 0.5) is 0 Å². The molecule has 0 aliphatic heterocycles. The highest BCUT2D eigenvalue weighted by Gasteiger charge is 2.21. The van der Waals surface area contributed by atoms with E-state index in [2.05, 4.69) is 10.2 Å². The van der Waals surface area contributed by atoms with Crippen molar-refractivity contribution < 1.29 is 8.42 Å². The minimum absolute atomic E-state index is 0.0489. The van der Waals surface area contributed by atoms with E-state index in [1.807, 2.05) is 0 Å². The smallest absolute Gasteiger partial charge is 0.246 e. The Hall–Kier alpha value is -2.19. The van der Waals surface area contributed by atoms with Gasteiger partial charge in [-0.25, -0.2) is 8.42 Å². The van der Waals surface area contributed by atoms with E-state index in [1.54, 1.807) is 24.3 Å². The van der Waals surface area contributed by atoms with E-state index in [9.17, 15) is 8.42 Å². The lowest BCUT2D eigenvalue weighted by Crippen LogP contribution is -2.26. The Morgan fingerprint density at radius 3 is 2.85 bits per heavy atom. The lowest BCUT2D eigenvalue weighted by atomic mass is 10.1. The van der Waals surface area contributed by atoms with Crippen molar-refractivity contribution in [2.75, 3.05) is 7.05 Å². The summed E-state index contributed by atoms with van der Waals surface area (Å²) < 4.78 is 25.7. The van der Waals surface area contributed by atoms with Crippen molar-refractivity contribution >= 4 is 15.9 Å². The number of amidine groups is 1. The molecule has 0 saturated carbocycles. The predicted octanol–water partition coefficient (Wildman–Crippen LogP) is 0.514. The lowest BCUT2D eigenvalue weighted by Gasteiger charge is -2.16. The van der Waals surface area contributed by atoms with Gasteiger partial charge >= 0.3 is 0 Å². The number of aromatic amines is 1. The third-order valence-electron chi connectivity index (χ3n) is 2.82. The molecule has 0 amide bonds.